The number of halogens is 2. The van der Waals surface area contributed by atoms with Gasteiger partial charge in [0, 0.05) is 26.2 Å². The van der Waals surface area contributed by atoms with Crippen molar-refractivity contribution >= 4 is 58.5 Å². The second-order valence-corrected chi connectivity index (χ2v) is 7.95. The summed E-state index contributed by atoms with van der Waals surface area (Å²) >= 11 is 13.8. The molecule has 0 fully saturated rings. The van der Waals surface area contributed by atoms with Crippen molar-refractivity contribution in [3.63, 3.8) is 0 Å². The highest BCUT2D eigenvalue weighted by Gasteiger charge is 2.16. The van der Waals surface area contributed by atoms with Gasteiger partial charge in [-0.3, -0.25) is 9.59 Å². The Bertz CT molecular complexity index is 1080. The van der Waals surface area contributed by atoms with Gasteiger partial charge in [0.25, 0.3) is 11.8 Å². The van der Waals surface area contributed by atoms with Gasteiger partial charge in [0.1, 0.15) is 5.70 Å². The van der Waals surface area contributed by atoms with Gasteiger partial charge >= 0.3 is 0 Å². The minimum Gasteiger partial charge on any atom is -0.321 e. The van der Waals surface area contributed by atoms with E-state index in [0.29, 0.717) is 26.9 Å². The summed E-state index contributed by atoms with van der Waals surface area (Å²) in [5, 5.41) is 6.33. The highest BCUT2D eigenvalue weighted by Crippen LogP contribution is 2.23. The van der Waals surface area contributed by atoms with Crippen molar-refractivity contribution in [2.75, 3.05) is 11.6 Å². The summed E-state index contributed by atoms with van der Waals surface area (Å²) in [6.45, 7) is 0. The molecule has 0 aliphatic rings. The summed E-state index contributed by atoms with van der Waals surface area (Å²) in [6.07, 6.45) is 3.49. The molecule has 0 radical (unpaired) electrons. The first-order valence-electron chi connectivity index (χ1n) is 8.95. The van der Waals surface area contributed by atoms with Crippen LogP contribution in [0.2, 0.25) is 10.0 Å². The molecule has 0 bridgehead atoms. The quantitative estimate of drug-likeness (QED) is 0.346. The lowest BCUT2D eigenvalue weighted by molar-refractivity contribution is -0.113. The Morgan fingerprint density at radius 3 is 2.27 bits per heavy atom. The monoisotopic (exact) mass is 456 g/mol. The minimum absolute atomic E-state index is 0.0574. The fourth-order valence-electron chi connectivity index (χ4n) is 2.59. The van der Waals surface area contributed by atoms with Crippen LogP contribution in [-0.4, -0.2) is 18.1 Å². The normalized spacial score (nSPS) is 11.1. The van der Waals surface area contributed by atoms with Crippen molar-refractivity contribution < 1.29 is 9.59 Å². The number of rotatable bonds is 6. The lowest BCUT2D eigenvalue weighted by atomic mass is 10.1. The lowest BCUT2D eigenvalue weighted by Crippen LogP contribution is -2.30. The number of amides is 2. The molecule has 7 heteroatoms. The third kappa shape index (κ3) is 5.89. The molecule has 0 aliphatic carbocycles. The van der Waals surface area contributed by atoms with E-state index >= 15 is 0 Å². The maximum atomic E-state index is 12.9. The van der Waals surface area contributed by atoms with Crippen molar-refractivity contribution in [3.05, 3.63) is 99.7 Å². The van der Waals surface area contributed by atoms with Gasteiger partial charge in [-0.15, -0.1) is 11.8 Å². The summed E-state index contributed by atoms with van der Waals surface area (Å²) < 4.78 is 0. The van der Waals surface area contributed by atoms with Gasteiger partial charge in [-0.05, 0) is 66.4 Å². The lowest BCUT2D eigenvalue weighted by Gasteiger charge is -2.12. The smallest absolute Gasteiger partial charge is 0.272 e. The van der Waals surface area contributed by atoms with Crippen molar-refractivity contribution in [1.29, 1.82) is 0 Å². The zero-order valence-corrected chi connectivity index (χ0v) is 18.3. The maximum Gasteiger partial charge on any atom is 0.272 e. The van der Waals surface area contributed by atoms with E-state index in [9.17, 15) is 9.59 Å². The maximum absolute atomic E-state index is 12.9. The number of nitrogens with one attached hydrogen (secondary N) is 2. The SMILES string of the molecule is CSc1ccc(NC(=O)/C(=C/c2ccc(Cl)cc2Cl)NC(=O)c2ccccc2)cc1. The Balaban J connectivity index is 1.90. The molecular formula is C23H18Cl2N2O2S. The molecule has 3 aromatic carbocycles. The topological polar surface area (TPSA) is 58.2 Å². The third-order valence-electron chi connectivity index (χ3n) is 4.14. The van der Waals surface area contributed by atoms with Gasteiger partial charge < -0.3 is 10.6 Å². The first-order chi connectivity index (χ1) is 14.5. The molecule has 3 rings (SSSR count). The summed E-state index contributed by atoms with van der Waals surface area (Å²) in [4.78, 5) is 26.7. The fraction of sp³-hybridized carbons (Fsp3) is 0.0435. The predicted molar refractivity (Wildman–Crippen MR) is 125 cm³/mol. The Kier molecular flexibility index (Phi) is 7.57. The van der Waals surface area contributed by atoms with E-state index in [1.54, 1.807) is 66.4 Å². The molecule has 0 atom stereocenters. The van der Waals surface area contributed by atoms with Crippen LogP contribution in [0, 0.1) is 0 Å². The van der Waals surface area contributed by atoms with Crippen LogP contribution in [0.5, 0.6) is 0 Å². The van der Waals surface area contributed by atoms with E-state index in [4.69, 9.17) is 23.2 Å². The number of benzene rings is 3. The largest absolute Gasteiger partial charge is 0.321 e. The van der Waals surface area contributed by atoms with E-state index in [1.807, 2.05) is 24.5 Å². The predicted octanol–water partition coefficient (Wildman–Crippen LogP) is 6.12. The molecule has 152 valence electrons. The Morgan fingerprint density at radius 2 is 1.63 bits per heavy atom. The number of anilines is 1. The molecule has 0 spiro atoms. The molecule has 0 saturated carbocycles. The molecular weight excluding hydrogens is 439 g/mol. The molecule has 0 unspecified atom stereocenters. The molecule has 2 amide bonds. The third-order valence-corrected chi connectivity index (χ3v) is 5.45. The summed E-state index contributed by atoms with van der Waals surface area (Å²) in [7, 11) is 0. The van der Waals surface area contributed by atoms with Crippen molar-refractivity contribution in [2.24, 2.45) is 0 Å². The van der Waals surface area contributed by atoms with Crippen LogP contribution in [0.25, 0.3) is 6.08 Å². The van der Waals surface area contributed by atoms with Gasteiger partial charge in [-0.25, -0.2) is 0 Å². The molecule has 4 nitrogen and oxygen atoms in total. The zero-order valence-electron chi connectivity index (χ0n) is 16.0. The van der Waals surface area contributed by atoms with Gasteiger partial charge in [0.05, 0.1) is 0 Å². The highest BCUT2D eigenvalue weighted by atomic mass is 35.5. The fourth-order valence-corrected chi connectivity index (χ4v) is 3.46. The second kappa shape index (κ2) is 10.3. The van der Waals surface area contributed by atoms with E-state index in [2.05, 4.69) is 10.6 Å². The molecule has 0 saturated heterocycles. The van der Waals surface area contributed by atoms with Gasteiger partial charge in [-0.2, -0.15) is 0 Å². The van der Waals surface area contributed by atoms with E-state index in [-0.39, 0.29) is 5.70 Å². The molecule has 30 heavy (non-hydrogen) atoms. The Hall–Kier alpha value is -2.73. The standard InChI is InChI=1S/C23H18Cl2N2O2S/c1-30-19-11-9-18(10-12-19)26-23(29)21(13-16-7-8-17(24)14-20(16)25)27-22(28)15-5-3-2-4-6-15/h2-14H,1H3,(H,26,29)(H,27,28)/b21-13-. The minimum atomic E-state index is -0.470. The zero-order chi connectivity index (χ0) is 21.5. The molecule has 3 aromatic rings. The van der Waals surface area contributed by atoms with Crippen LogP contribution in [-0.2, 0) is 4.79 Å². The molecule has 0 aromatic heterocycles. The van der Waals surface area contributed by atoms with E-state index in [1.165, 1.54) is 6.08 Å². The van der Waals surface area contributed by atoms with E-state index < -0.39 is 11.8 Å². The average Bonchev–Trinajstić information content (AvgIpc) is 2.76. The first kappa shape index (κ1) is 22.0. The van der Waals surface area contributed by atoms with Crippen molar-refractivity contribution in [2.45, 2.75) is 4.90 Å². The summed E-state index contributed by atoms with van der Waals surface area (Å²) in [6, 6.07) is 21.0. The van der Waals surface area contributed by atoms with Crippen molar-refractivity contribution in [1.82, 2.24) is 5.32 Å². The number of thioether (sulfide) groups is 1. The number of hydrogen-bond donors (Lipinski definition) is 2. The van der Waals surface area contributed by atoms with Gasteiger partial charge in [0.2, 0.25) is 0 Å². The summed E-state index contributed by atoms with van der Waals surface area (Å²) in [5.41, 5.74) is 1.65. The summed E-state index contributed by atoms with van der Waals surface area (Å²) in [5.74, 6) is -0.873. The van der Waals surface area contributed by atoms with Crippen molar-refractivity contribution in [3.8, 4) is 0 Å². The number of carbonyl (C=O) groups is 2. The van der Waals surface area contributed by atoms with Crippen LogP contribution in [0.15, 0.2) is 83.4 Å². The number of carbonyl (C=O) groups excluding carboxylic acids is 2. The van der Waals surface area contributed by atoms with Crippen LogP contribution in [0.1, 0.15) is 15.9 Å². The average molecular weight is 457 g/mol. The van der Waals surface area contributed by atoms with Crippen LogP contribution >= 0.6 is 35.0 Å². The molecule has 0 heterocycles. The molecule has 2 N–H and O–H groups in total. The molecule has 0 aliphatic heterocycles. The van der Waals surface area contributed by atoms with E-state index in [0.717, 1.165) is 4.90 Å². The van der Waals surface area contributed by atoms with Crippen LogP contribution in [0.4, 0.5) is 5.69 Å². The van der Waals surface area contributed by atoms with Gasteiger partial charge in [0.15, 0.2) is 0 Å². The van der Waals surface area contributed by atoms with Gasteiger partial charge in [-0.1, -0.05) is 47.5 Å². The Labute approximate surface area is 189 Å². The second-order valence-electron chi connectivity index (χ2n) is 6.23. The van der Waals surface area contributed by atoms with Crippen LogP contribution in [0.3, 0.4) is 0 Å². The first-order valence-corrected chi connectivity index (χ1v) is 10.9. The Morgan fingerprint density at radius 1 is 0.933 bits per heavy atom. The number of hydrogen-bond acceptors (Lipinski definition) is 3. The van der Waals surface area contributed by atoms with Crippen LogP contribution < -0.4 is 10.6 Å². The highest BCUT2D eigenvalue weighted by molar-refractivity contribution is 7.98.